The van der Waals surface area contributed by atoms with E-state index in [0.29, 0.717) is 6.42 Å². The van der Waals surface area contributed by atoms with Gasteiger partial charge >= 0.3 is 0 Å². The molecule has 0 spiro atoms. The van der Waals surface area contributed by atoms with Crippen LogP contribution in [0.3, 0.4) is 0 Å². The second kappa shape index (κ2) is 9.06. The largest absolute Gasteiger partial charge is 0.369 e. The van der Waals surface area contributed by atoms with E-state index in [1.165, 1.54) is 5.69 Å². The smallest absolute Gasteiger partial charge is 0.221 e. The fraction of sp³-hybridized carbons (Fsp3) is 0.381. The first kappa shape index (κ1) is 18.7. The molecule has 3 rings (SSSR count). The number of hydrogen-bond acceptors (Lipinski definition) is 3. The minimum atomic E-state index is 0.0467. The zero-order valence-corrected chi connectivity index (χ0v) is 16.0. The van der Waals surface area contributed by atoms with Gasteiger partial charge in [-0.3, -0.25) is 9.69 Å². The van der Waals surface area contributed by atoms with E-state index in [1.807, 2.05) is 49.4 Å². The van der Waals surface area contributed by atoms with Crippen LogP contribution in [-0.2, 0) is 4.79 Å². The standard InChI is InChI=1S/C21H26ClN3O/c1-17(18-5-3-2-4-6-18)23-21(26)11-12-24-13-15-25(16-14-24)20-9-7-19(22)8-10-20/h2-10,17H,11-16H2,1H3,(H,23,26). The SMILES string of the molecule is CC(NC(=O)CCN1CCN(c2ccc(Cl)cc2)CC1)c1ccccc1. The van der Waals surface area contributed by atoms with E-state index < -0.39 is 0 Å². The summed E-state index contributed by atoms with van der Waals surface area (Å²) in [5, 5.41) is 3.85. The summed E-state index contributed by atoms with van der Waals surface area (Å²) in [6.45, 7) is 6.74. The van der Waals surface area contributed by atoms with Crippen molar-refractivity contribution in [2.24, 2.45) is 0 Å². The third-order valence-electron chi connectivity index (χ3n) is 4.90. The summed E-state index contributed by atoms with van der Waals surface area (Å²) >= 11 is 5.96. The first-order chi connectivity index (χ1) is 12.6. The molecular formula is C21H26ClN3O. The highest BCUT2D eigenvalue weighted by Crippen LogP contribution is 2.19. The number of carbonyl (C=O) groups excluding carboxylic acids is 1. The summed E-state index contributed by atoms with van der Waals surface area (Å²) in [6.07, 6.45) is 0.540. The molecule has 1 saturated heterocycles. The van der Waals surface area contributed by atoms with Gasteiger partial charge in [0.25, 0.3) is 0 Å². The van der Waals surface area contributed by atoms with E-state index in [-0.39, 0.29) is 11.9 Å². The van der Waals surface area contributed by atoms with Gasteiger partial charge in [-0.05, 0) is 36.8 Å². The molecule has 1 aliphatic heterocycles. The van der Waals surface area contributed by atoms with Crippen molar-refractivity contribution in [3.05, 3.63) is 65.2 Å². The minimum absolute atomic E-state index is 0.0467. The molecule has 1 amide bonds. The van der Waals surface area contributed by atoms with Crippen LogP contribution in [-0.4, -0.2) is 43.5 Å². The summed E-state index contributed by atoms with van der Waals surface area (Å²) < 4.78 is 0. The Morgan fingerprint density at radius 3 is 2.35 bits per heavy atom. The summed E-state index contributed by atoms with van der Waals surface area (Å²) in [6, 6.07) is 18.1. The topological polar surface area (TPSA) is 35.6 Å². The van der Waals surface area contributed by atoms with Crippen molar-refractivity contribution in [1.82, 2.24) is 10.2 Å². The molecule has 0 radical (unpaired) electrons. The molecule has 0 saturated carbocycles. The Morgan fingerprint density at radius 1 is 1.04 bits per heavy atom. The molecular weight excluding hydrogens is 346 g/mol. The summed E-state index contributed by atoms with van der Waals surface area (Å²) in [7, 11) is 0. The zero-order chi connectivity index (χ0) is 18.4. The van der Waals surface area contributed by atoms with Gasteiger partial charge in [0.15, 0.2) is 0 Å². The molecule has 4 nitrogen and oxygen atoms in total. The number of amides is 1. The Kier molecular flexibility index (Phi) is 6.53. The van der Waals surface area contributed by atoms with Crippen molar-refractivity contribution in [2.45, 2.75) is 19.4 Å². The fourth-order valence-electron chi connectivity index (χ4n) is 3.28. The number of anilines is 1. The van der Waals surface area contributed by atoms with E-state index in [1.54, 1.807) is 0 Å². The van der Waals surface area contributed by atoms with Gasteiger partial charge in [-0.1, -0.05) is 41.9 Å². The van der Waals surface area contributed by atoms with Crippen LogP contribution < -0.4 is 10.2 Å². The number of nitrogens with zero attached hydrogens (tertiary/aromatic N) is 2. The molecule has 0 aliphatic carbocycles. The van der Waals surface area contributed by atoms with Gasteiger partial charge in [-0.25, -0.2) is 0 Å². The summed E-state index contributed by atoms with van der Waals surface area (Å²) in [4.78, 5) is 17.0. The minimum Gasteiger partial charge on any atom is -0.369 e. The second-order valence-corrected chi connectivity index (χ2v) is 7.19. The number of halogens is 1. The normalized spacial score (nSPS) is 16.3. The highest BCUT2D eigenvalue weighted by molar-refractivity contribution is 6.30. The summed E-state index contributed by atoms with van der Waals surface area (Å²) in [5.41, 5.74) is 2.35. The van der Waals surface area contributed by atoms with E-state index >= 15 is 0 Å². The van der Waals surface area contributed by atoms with E-state index in [0.717, 1.165) is 43.3 Å². The van der Waals surface area contributed by atoms with E-state index in [4.69, 9.17) is 11.6 Å². The Balaban J connectivity index is 1.39. The Morgan fingerprint density at radius 2 is 1.69 bits per heavy atom. The Hall–Kier alpha value is -2.04. The average Bonchev–Trinajstić information content (AvgIpc) is 2.68. The quantitative estimate of drug-likeness (QED) is 0.840. The molecule has 138 valence electrons. The van der Waals surface area contributed by atoms with Gasteiger partial charge in [0, 0.05) is 49.9 Å². The molecule has 26 heavy (non-hydrogen) atoms. The highest BCUT2D eigenvalue weighted by Gasteiger charge is 2.18. The summed E-state index contributed by atoms with van der Waals surface area (Å²) in [5.74, 6) is 0.112. The maximum absolute atomic E-state index is 12.2. The molecule has 1 heterocycles. The number of nitrogens with one attached hydrogen (secondary N) is 1. The third kappa shape index (κ3) is 5.23. The molecule has 0 bridgehead atoms. The predicted molar refractivity (Wildman–Crippen MR) is 108 cm³/mol. The van der Waals surface area contributed by atoms with Crippen LogP contribution in [0.4, 0.5) is 5.69 Å². The van der Waals surface area contributed by atoms with Crippen LogP contribution in [0.1, 0.15) is 24.9 Å². The molecule has 1 atom stereocenters. The molecule has 1 fully saturated rings. The Labute approximate surface area is 160 Å². The number of piperazine rings is 1. The van der Waals surface area contributed by atoms with Crippen molar-refractivity contribution in [3.8, 4) is 0 Å². The van der Waals surface area contributed by atoms with Crippen molar-refractivity contribution in [1.29, 1.82) is 0 Å². The zero-order valence-electron chi connectivity index (χ0n) is 15.2. The van der Waals surface area contributed by atoms with Crippen molar-refractivity contribution >= 4 is 23.2 Å². The average molecular weight is 372 g/mol. The van der Waals surface area contributed by atoms with Crippen LogP contribution in [0, 0.1) is 0 Å². The fourth-order valence-corrected chi connectivity index (χ4v) is 3.41. The number of benzene rings is 2. The van der Waals surface area contributed by atoms with Crippen molar-refractivity contribution in [3.63, 3.8) is 0 Å². The second-order valence-electron chi connectivity index (χ2n) is 6.75. The number of rotatable bonds is 6. The number of carbonyl (C=O) groups is 1. The van der Waals surface area contributed by atoms with Crippen LogP contribution in [0.15, 0.2) is 54.6 Å². The molecule has 1 N–H and O–H groups in total. The maximum Gasteiger partial charge on any atom is 0.221 e. The van der Waals surface area contributed by atoms with Gasteiger partial charge in [0.2, 0.25) is 5.91 Å². The van der Waals surface area contributed by atoms with Gasteiger partial charge in [-0.2, -0.15) is 0 Å². The van der Waals surface area contributed by atoms with Gasteiger partial charge < -0.3 is 10.2 Å². The predicted octanol–water partition coefficient (Wildman–Crippen LogP) is 3.73. The van der Waals surface area contributed by atoms with E-state index in [9.17, 15) is 4.79 Å². The molecule has 5 heteroatoms. The lowest BCUT2D eigenvalue weighted by Crippen LogP contribution is -2.47. The lowest BCUT2D eigenvalue weighted by molar-refractivity contribution is -0.122. The third-order valence-corrected chi connectivity index (χ3v) is 5.15. The molecule has 2 aromatic rings. The molecule has 0 aromatic heterocycles. The van der Waals surface area contributed by atoms with Crippen LogP contribution in [0.2, 0.25) is 5.02 Å². The van der Waals surface area contributed by atoms with Crippen LogP contribution >= 0.6 is 11.6 Å². The van der Waals surface area contributed by atoms with Crippen molar-refractivity contribution < 1.29 is 4.79 Å². The molecule has 2 aromatic carbocycles. The maximum atomic E-state index is 12.2. The van der Waals surface area contributed by atoms with Gasteiger partial charge in [0.05, 0.1) is 6.04 Å². The first-order valence-corrected chi connectivity index (χ1v) is 9.57. The molecule has 1 aliphatic rings. The van der Waals surface area contributed by atoms with E-state index in [2.05, 4.69) is 27.2 Å². The molecule has 1 unspecified atom stereocenters. The lowest BCUT2D eigenvalue weighted by Gasteiger charge is -2.36. The Bertz CT molecular complexity index is 697. The van der Waals surface area contributed by atoms with Crippen LogP contribution in [0.5, 0.6) is 0 Å². The number of hydrogen-bond donors (Lipinski definition) is 1. The highest BCUT2D eigenvalue weighted by atomic mass is 35.5. The van der Waals surface area contributed by atoms with Crippen LogP contribution in [0.25, 0.3) is 0 Å². The van der Waals surface area contributed by atoms with Gasteiger partial charge in [0.1, 0.15) is 0 Å². The lowest BCUT2D eigenvalue weighted by atomic mass is 10.1. The van der Waals surface area contributed by atoms with Crippen molar-refractivity contribution in [2.75, 3.05) is 37.6 Å². The monoisotopic (exact) mass is 371 g/mol. The first-order valence-electron chi connectivity index (χ1n) is 9.19. The van der Waals surface area contributed by atoms with Gasteiger partial charge in [-0.15, -0.1) is 0 Å².